The van der Waals surface area contributed by atoms with Crippen LogP contribution in [0.2, 0.25) is 0 Å². The molecule has 1 heterocycles. The fourth-order valence-corrected chi connectivity index (χ4v) is 4.61. The first-order valence-electron chi connectivity index (χ1n) is 13.9. The number of nitrogens with zero attached hydrogens (tertiary/aromatic N) is 3. The first-order chi connectivity index (χ1) is 20.3. The minimum absolute atomic E-state index is 0.00613. The quantitative estimate of drug-likeness (QED) is 0.308. The van der Waals surface area contributed by atoms with Gasteiger partial charge in [0, 0.05) is 31.3 Å². The zero-order valence-corrected chi connectivity index (χ0v) is 25.0. The molecule has 0 unspecified atom stereocenters. The summed E-state index contributed by atoms with van der Waals surface area (Å²) in [6, 6.07) is 8.76. The Bertz CT molecular complexity index is 1600. The predicted molar refractivity (Wildman–Crippen MR) is 160 cm³/mol. The van der Waals surface area contributed by atoms with Crippen molar-refractivity contribution in [3.63, 3.8) is 0 Å². The number of anilines is 4. The number of rotatable bonds is 10. The molecule has 43 heavy (non-hydrogen) atoms. The van der Waals surface area contributed by atoms with E-state index in [1.807, 2.05) is 20.8 Å². The molecule has 1 aliphatic carbocycles. The highest BCUT2D eigenvalue weighted by Crippen LogP contribution is 2.38. The monoisotopic (exact) mass is 599 g/mol. The first kappa shape index (κ1) is 32.9. The molecule has 2 aromatic carbocycles. The summed E-state index contributed by atoms with van der Waals surface area (Å²) in [6.07, 6.45) is 2.35. The largest absolute Gasteiger partial charge is 0.364 e. The van der Waals surface area contributed by atoms with E-state index in [1.54, 1.807) is 13.1 Å². The van der Waals surface area contributed by atoms with Crippen LogP contribution in [0.1, 0.15) is 60.7 Å². The topological polar surface area (TPSA) is 118 Å². The molecule has 0 aliphatic heterocycles. The Morgan fingerprint density at radius 3 is 2.35 bits per heavy atom. The molecule has 1 fully saturated rings. The lowest BCUT2D eigenvalue weighted by atomic mass is 10.0. The Balaban J connectivity index is 0.00000248. The van der Waals surface area contributed by atoms with Gasteiger partial charge >= 0.3 is 5.92 Å². The molecule has 0 radical (unpaired) electrons. The number of hydrogen-bond donors (Lipinski definition) is 2. The summed E-state index contributed by atoms with van der Waals surface area (Å²) in [6.45, 7) is 7.33. The highest BCUT2D eigenvalue weighted by Gasteiger charge is 2.40. The number of alkyl halides is 2. The summed E-state index contributed by atoms with van der Waals surface area (Å²) >= 11 is 0. The molecule has 3 amide bonds. The number of nitrogens with one attached hydrogen (secondary N) is 1. The lowest BCUT2D eigenvalue weighted by molar-refractivity contribution is -0.143. The maximum Gasteiger partial charge on any atom is 0.349 e. The number of aryl methyl sites for hydroxylation is 1. The maximum absolute atomic E-state index is 15.1. The van der Waals surface area contributed by atoms with Crippen molar-refractivity contribution in [3.05, 3.63) is 80.9 Å². The number of nitrogens with two attached hydrogens (primary N) is 1. The van der Waals surface area contributed by atoms with E-state index >= 15 is 4.39 Å². The van der Waals surface area contributed by atoms with E-state index in [1.165, 1.54) is 43.1 Å². The third kappa shape index (κ3) is 6.42. The number of pyridine rings is 1. The van der Waals surface area contributed by atoms with Crippen molar-refractivity contribution in [3.8, 4) is 0 Å². The van der Waals surface area contributed by atoms with Gasteiger partial charge in [-0.25, -0.2) is 4.39 Å². The minimum atomic E-state index is -4.05. The molecule has 4 rings (SSSR count). The standard InChI is InChI=1S/C29H30F3N5O4.C2H6/c1-5-17-9-12-22(21(30)13-17)34-24-16(2)26(39)36(4)25(23(24)27(40)35(3)19-10-11-19)37(15-38)20-8-6-7-18(14-20)29(31,32)28(33)41;1-2/h6-9,12-15,19,34H,5,10-11H2,1-4H3,(H2,33,41);1-2H3. The Morgan fingerprint density at radius 1 is 1.16 bits per heavy atom. The van der Waals surface area contributed by atoms with Crippen molar-refractivity contribution in [1.29, 1.82) is 0 Å². The minimum Gasteiger partial charge on any atom is -0.364 e. The highest BCUT2D eigenvalue weighted by atomic mass is 19.3. The van der Waals surface area contributed by atoms with Crippen LogP contribution in [-0.2, 0) is 29.0 Å². The van der Waals surface area contributed by atoms with Crippen molar-refractivity contribution < 1.29 is 27.6 Å². The van der Waals surface area contributed by atoms with Crippen LogP contribution in [0, 0.1) is 12.7 Å². The van der Waals surface area contributed by atoms with Crippen molar-refractivity contribution in [2.75, 3.05) is 17.3 Å². The zero-order chi connectivity index (χ0) is 32.2. The Labute approximate surface area is 248 Å². The summed E-state index contributed by atoms with van der Waals surface area (Å²) < 4.78 is 45.1. The molecule has 1 saturated carbocycles. The molecule has 1 aliphatic rings. The van der Waals surface area contributed by atoms with E-state index in [2.05, 4.69) is 5.32 Å². The van der Waals surface area contributed by atoms with Crippen LogP contribution in [-0.4, -0.2) is 40.8 Å². The molecule has 9 nitrogen and oxygen atoms in total. The molecule has 3 N–H and O–H groups in total. The van der Waals surface area contributed by atoms with Crippen LogP contribution < -0.4 is 21.5 Å². The zero-order valence-electron chi connectivity index (χ0n) is 25.0. The number of carbonyl (C=O) groups is 3. The molecule has 0 atom stereocenters. The third-order valence-electron chi connectivity index (χ3n) is 7.25. The number of benzene rings is 2. The lowest BCUT2D eigenvalue weighted by Crippen LogP contribution is -2.36. The van der Waals surface area contributed by atoms with Gasteiger partial charge in [-0.05, 0) is 56.0 Å². The van der Waals surface area contributed by atoms with E-state index in [4.69, 9.17) is 5.73 Å². The van der Waals surface area contributed by atoms with E-state index in [9.17, 15) is 28.0 Å². The summed E-state index contributed by atoms with van der Waals surface area (Å²) in [4.78, 5) is 53.7. The summed E-state index contributed by atoms with van der Waals surface area (Å²) in [5, 5.41) is 2.89. The molecule has 230 valence electrons. The summed E-state index contributed by atoms with van der Waals surface area (Å²) in [5.41, 5.74) is 3.94. The van der Waals surface area contributed by atoms with E-state index < -0.39 is 34.7 Å². The van der Waals surface area contributed by atoms with Crippen molar-refractivity contribution in [2.45, 2.75) is 58.9 Å². The second-order valence-electron chi connectivity index (χ2n) is 9.97. The molecule has 3 aromatic rings. The molecule has 1 aromatic heterocycles. The van der Waals surface area contributed by atoms with Gasteiger partial charge in [0.05, 0.1) is 17.1 Å². The number of primary amides is 1. The van der Waals surface area contributed by atoms with E-state index in [0.717, 1.165) is 40.0 Å². The average Bonchev–Trinajstić information content (AvgIpc) is 3.85. The van der Waals surface area contributed by atoms with E-state index in [-0.39, 0.29) is 46.5 Å². The van der Waals surface area contributed by atoms with Gasteiger partial charge in [0.1, 0.15) is 17.2 Å². The smallest absolute Gasteiger partial charge is 0.349 e. The van der Waals surface area contributed by atoms with Crippen molar-refractivity contribution in [1.82, 2.24) is 9.47 Å². The second-order valence-corrected chi connectivity index (χ2v) is 9.97. The molecule has 0 bridgehead atoms. The first-order valence-corrected chi connectivity index (χ1v) is 13.9. The molecule has 12 heteroatoms. The molecule has 0 spiro atoms. The summed E-state index contributed by atoms with van der Waals surface area (Å²) in [5.74, 6) is -7.36. The van der Waals surface area contributed by atoms with Gasteiger partial charge in [0.2, 0.25) is 6.41 Å². The Morgan fingerprint density at radius 2 is 1.81 bits per heavy atom. The van der Waals surface area contributed by atoms with Gasteiger partial charge in [-0.15, -0.1) is 0 Å². The summed E-state index contributed by atoms with van der Waals surface area (Å²) in [7, 11) is 2.90. The average molecular weight is 600 g/mol. The van der Waals surface area contributed by atoms with Crippen LogP contribution in [0.3, 0.4) is 0 Å². The van der Waals surface area contributed by atoms with Crippen molar-refractivity contribution in [2.24, 2.45) is 12.8 Å². The Kier molecular flexibility index (Phi) is 10.1. The van der Waals surface area contributed by atoms with Gasteiger partial charge in [0.15, 0.2) is 0 Å². The van der Waals surface area contributed by atoms with Gasteiger partial charge in [-0.1, -0.05) is 39.0 Å². The van der Waals surface area contributed by atoms with Crippen LogP contribution >= 0.6 is 0 Å². The van der Waals surface area contributed by atoms with Crippen LogP contribution in [0.5, 0.6) is 0 Å². The number of halogens is 3. The third-order valence-corrected chi connectivity index (χ3v) is 7.25. The van der Waals surface area contributed by atoms with Crippen LogP contribution in [0.4, 0.5) is 36.1 Å². The van der Waals surface area contributed by atoms with Gasteiger partial charge in [-0.3, -0.25) is 28.6 Å². The predicted octanol–water partition coefficient (Wildman–Crippen LogP) is 5.27. The maximum atomic E-state index is 15.1. The SMILES string of the molecule is CC.CCc1ccc(Nc2c(C(=O)N(C)C3CC3)c(N(C=O)c3cccc(C(F)(F)C(N)=O)c3)n(C)c(=O)c2C)c(F)c1. The highest BCUT2D eigenvalue weighted by molar-refractivity contribution is 6.08. The van der Waals surface area contributed by atoms with Gasteiger partial charge < -0.3 is 16.0 Å². The van der Waals surface area contributed by atoms with Crippen molar-refractivity contribution >= 4 is 41.1 Å². The van der Waals surface area contributed by atoms with Gasteiger partial charge in [0.25, 0.3) is 17.4 Å². The van der Waals surface area contributed by atoms with Crippen LogP contribution in [0.25, 0.3) is 0 Å². The number of carbonyl (C=O) groups excluding carboxylic acids is 3. The fourth-order valence-electron chi connectivity index (χ4n) is 4.61. The lowest BCUT2D eigenvalue weighted by Gasteiger charge is -2.29. The normalized spacial score (nSPS) is 12.6. The van der Waals surface area contributed by atoms with Crippen LogP contribution in [0.15, 0.2) is 47.3 Å². The number of aromatic nitrogens is 1. The number of hydrogen-bond acceptors (Lipinski definition) is 5. The molecular formula is C31H36F3N5O4. The van der Waals surface area contributed by atoms with E-state index in [0.29, 0.717) is 6.42 Å². The molecule has 0 saturated heterocycles. The number of amides is 3. The molecular weight excluding hydrogens is 563 g/mol. The Hall–Kier alpha value is -4.61. The fraction of sp³-hybridized carbons (Fsp3) is 0.355. The second kappa shape index (κ2) is 13.1. The van der Waals surface area contributed by atoms with Gasteiger partial charge in [-0.2, -0.15) is 8.78 Å².